The third-order valence-corrected chi connectivity index (χ3v) is 4.84. The second-order valence-electron chi connectivity index (χ2n) is 12.8. The first-order valence-electron chi connectivity index (χ1n) is 11.8. The van der Waals surface area contributed by atoms with Crippen molar-refractivity contribution >= 4 is 23.1 Å². The van der Waals surface area contributed by atoms with E-state index in [1.807, 2.05) is 37.4 Å². The molecule has 0 radical (unpaired) electrons. The molecule has 4 nitrogen and oxygen atoms in total. The molecule has 2 aromatic heterocycles. The monoisotopic (exact) mass is 450 g/mol. The zero-order valence-corrected chi connectivity index (χ0v) is 23.3. The predicted molar refractivity (Wildman–Crippen MR) is 145 cm³/mol. The highest BCUT2D eigenvalue weighted by molar-refractivity contribution is 5.95. The van der Waals surface area contributed by atoms with E-state index in [4.69, 9.17) is 9.98 Å². The van der Waals surface area contributed by atoms with Crippen molar-refractivity contribution in [2.45, 2.75) is 90.0 Å². The standard InChI is InChI=1S/C15H24N2.C14H22N2/c1-11-8-9-12(16-10-11)17-13(14(2,3)4)15(5,6)7;1-13(2,3)12(14(4,5)6)16-11-9-7-8-10-15-11/h8-10H,1-7H3;7-10H,1-6H3. The minimum Gasteiger partial charge on any atom is -0.237 e. The molecule has 0 amide bonds. The van der Waals surface area contributed by atoms with Crippen LogP contribution in [0.5, 0.6) is 0 Å². The first-order chi connectivity index (χ1) is 14.8. The third-order valence-electron chi connectivity index (χ3n) is 4.84. The quantitative estimate of drug-likeness (QED) is 0.429. The molecule has 0 bridgehead atoms. The molecule has 2 heterocycles. The molecule has 0 fully saturated rings. The number of aryl methyl sites for hydroxylation is 1. The number of rotatable bonds is 2. The van der Waals surface area contributed by atoms with Crippen LogP contribution in [0, 0.1) is 28.6 Å². The predicted octanol–water partition coefficient (Wildman–Crippen LogP) is 8.80. The van der Waals surface area contributed by atoms with Crippen LogP contribution in [0.2, 0.25) is 0 Å². The Labute approximate surface area is 203 Å². The van der Waals surface area contributed by atoms with E-state index in [-0.39, 0.29) is 21.7 Å². The van der Waals surface area contributed by atoms with Crippen molar-refractivity contribution in [3.8, 4) is 0 Å². The number of pyridine rings is 2. The van der Waals surface area contributed by atoms with E-state index in [1.165, 1.54) is 11.4 Å². The maximum Gasteiger partial charge on any atom is 0.151 e. The molecule has 2 rings (SSSR count). The van der Waals surface area contributed by atoms with Gasteiger partial charge in [0.25, 0.3) is 0 Å². The molecule has 0 aliphatic carbocycles. The molecule has 0 saturated heterocycles. The van der Waals surface area contributed by atoms with Crippen LogP contribution in [0.3, 0.4) is 0 Å². The van der Waals surface area contributed by atoms with Gasteiger partial charge in [-0.1, -0.05) is 95.2 Å². The highest BCUT2D eigenvalue weighted by Crippen LogP contribution is 2.33. The van der Waals surface area contributed by atoms with Crippen LogP contribution >= 0.6 is 0 Å². The lowest BCUT2D eigenvalue weighted by Crippen LogP contribution is -2.32. The molecule has 0 aliphatic heterocycles. The number of hydrogen-bond donors (Lipinski definition) is 0. The summed E-state index contributed by atoms with van der Waals surface area (Å²) in [4.78, 5) is 18.1. The molecule has 4 heteroatoms. The van der Waals surface area contributed by atoms with E-state index in [2.05, 4.69) is 99.1 Å². The topological polar surface area (TPSA) is 50.5 Å². The Morgan fingerprint density at radius 3 is 1.30 bits per heavy atom. The third kappa shape index (κ3) is 9.98. The molecule has 2 aromatic rings. The minimum atomic E-state index is 0.0603. The molecule has 33 heavy (non-hydrogen) atoms. The van der Waals surface area contributed by atoms with Crippen LogP contribution in [-0.4, -0.2) is 21.4 Å². The summed E-state index contributed by atoms with van der Waals surface area (Å²) < 4.78 is 0. The maximum atomic E-state index is 4.75. The highest BCUT2D eigenvalue weighted by Gasteiger charge is 2.31. The molecule has 0 atom stereocenters. The maximum absolute atomic E-state index is 4.75. The summed E-state index contributed by atoms with van der Waals surface area (Å²) in [6.45, 7) is 28.4. The Morgan fingerprint density at radius 2 is 1.00 bits per heavy atom. The van der Waals surface area contributed by atoms with Gasteiger partial charge in [-0.05, 0) is 30.7 Å². The molecule has 0 spiro atoms. The minimum absolute atomic E-state index is 0.0603. The normalized spacial score (nSPS) is 12.4. The summed E-state index contributed by atoms with van der Waals surface area (Å²) in [7, 11) is 0. The van der Waals surface area contributed by atoms with Gasteiger partial charge in [-0.2, -0.15) is 0 Å². The van der Waals surface area contributed by atoms with Crippen LogP contribution in [-0.2, 0) is 0 Å². The zero-order chi connectivity index (χ0) is 25.7. The van der Waals surface area contributed by atoms with Crippen molar-refractivity contribution in [2.75, 3.05) is 0 Å². The van der Waals surface area contributed by atoms with E-state index in [9.17, 15) is 0 Å². The molecular formula is C29H46N4. The van der Waals surface area contributed by atoms with Gasteiger partial charge in [0.05, 0.1) is 0 Å². The van der Waals surface area contributed by atoms with Crippen molar-refractivity contribution in [1.29, 1.82) is 0 Å². The smallest absolute Gasteiger partial charge is 0.151 e. The fourth-order valence-corrected chi connectivity index (χ4v) is 4.10. The number of aliphatic imine (C=N–C) groups is 2. The largest absolute Gasteiger partial charge is 0.237 e. The second-order valence-corrected chi connectivity index (χ2v) is 12.8. The van der Waals surface area contributed by atoms with Crippen LogP contribution in [0.15, 0.2) is 52.7 Å². The lowest BCUT2D eigenvalue weighted by Gasteiger charge is -2.32. The van der Waals surface area contributed by atoms with E-state index < -0.39 is 0 Å². The fourth-order valence-electron chi connectivity index (χ4n) is 4.10. The number of nitrogens with zero attached hydrogens (tertiary/aromatic N) is 4. The van der Waals surface area contributed by atoms with E-state index in [1.54, 1.807) is 6.20 Å². The molecule has 0 N–H and O–H groups in total. The number of hydrogen-bond acceptors (Lipinski definition) is 4. The van der Waals surface area contributed by atoms with Crippen LogP contribution < -0.4 is 0 Å². The van der Waals surface area contributed by atoms with Gasteiger partial charge in [-0.15, -0.1) is 0 Å². The summed E-state index contributed by atoms with van der Waals surface area (Å²) in [5.41, 5.74) is 3.78. The van der Waals surface area contributed by atoms with Gasteiger partial charge < -0.3 is 0 Å². The van der Waals surface area contributed by atoms with Gasteiger partial charge in [0.15, 0.2) is 11.6 Å². The average Bonchev–Trinajstić information content (AvgIpc) is 2.63. The summed E-state index contributed by atoms with van der Waals surface area (Å²) in [6.07, 6.45) is 3.64. The molecule has 0 aliphatic rings. The van der Waals surface area contributed by atoms with Crippen molar-refractivity contribution in [3.63, 3.8) is 0 Å². The van der Waals surface area contributed by atoms with Gasteiger partial charge in [0, 0.05) is 45.5 Å². The Hall–Kier alpha value is -2.36. The van der Waals surface area contributed by atoms with E-state index >= 15 is 0 Å². The zero-order valence-electron chi connectivity index (χ0n) is 23.3. The Morgan fingerprint density at radius 1 is 0.576 bits per heavy atom. The second kappa shape index (κ2) is 10.7. The Bertz CT molecular complexity index is 893. The van der Waals surface area contributed by atoms with E-state index in [0.717, 1.165) is 17.2 Å². The highest BCUT2D eigenvalue weighted by atomic mass is 14.9. The van der Waals surface area contributed by atoms with Crippen molar-refractivity contribution < 1.29 is 0 Å². The molecule has 182 valence electrons. The van der Waals surface area contributed by atoms with Crippen molar-refractivity contribution in [1.82, 2.24) is 9.97 Å². The van der Waals surface area contributed by atoms with Crippen LogP contribution in [0.25, 0.3) is 0 Å². The SMILES string of the molecule is CC(C)(C)C(=Nc1ccccn1)C(C)(C)C.Cc1ccc(N=C(C(C)(C)C)C(C)(C)C)nc1. The molecule has 0 aromatic carbocycles. The number of aromatic nitrogens is 2. The molecule has 0 saturated carbocycles. The average molecular weight is 451 g/mol. The summed E-state index contributed by atoms with van der Waals surface area (Å²) >= 11 is 0. The van der Waals surface area contributed by atoms with Crippen molar-refractivity contribution in [3.05, 3.63) is 48.3 Å². The van der Waals surface area contributed by atoms with Crippen LogP contribution in [0.1, 0.15) is 88.6 Å². The summed E-state index contributed by atoms with van der Waals surface area (Å²) in [5.74, 6) is 1.60. The first kappa shape index (κ1) is 28.7. The van der Waals surface area contributed by atoms with Gasteiger partial charge >= 0.3 is 0 Å². The summed E-state index contributed by atoms with van der Waals surface area (Å²) in [5, 5.41) is 0. The van der Waals surface area contributed by atoms with Crippen LogP contribution in [0.4, 0.5) is 11.6 Å². The van der Waals surface area contributed by atoms with E-state index in [0.29, 0.717) is 0 Å². The van der Waals surface area contributed by atoms with Gasteiger partial charge in [0.1, 0.15) is 0 Å². The Kier molecular flexibility index (Phi) is 9.31. The first-order valence-corrected chi connectivity index (χ1v) is 11.8. The lowest BCUT2D eigenvalue weighted by molar-refractivity contribution is 0.479. The summed E-state index contributed by atoms with van der Waals surface area (Å²) in [6, 6.07) is 9.85. The van der Waals surface area contributed by atoms with Gasteiger partial charge in [0.2, 0.25) is 0 Å². The Balaban J connectivity index is 0.000000331. The van der Waals surface area contributed by atoms with Crippen molar-refractivity contribution in [2.24, 2.45) is 31.6 Å². The fraction of sp³-hybridized carbons (Fsp3) is 0.586. The molecule has 0 unspecified atom stereocenters. The molecular weight excluding hydrogens is 404 g/mol. The lowest BCUT2D eigenvalue weighted by atomic mass is 9.75. The van der Waals surface area contributed by atoms with Gasteiger partial charge in [-0.25, -0.2) is 20.0 Å². The van der Waals surface area contributed by atoms with Gasteiger partial charge in [-0.3, -0.25) is 0 Å².